The molecule has 1 heterocycles. The van der Waals surface area contributed by atoms with Gasteiger partial charge >= 0.3 is 126 Å². The van der Waals surface area contributed by atoms with Crippen LogP contribution in [0.3, 0.4) is 0 Å². The molecule has 0 bridgehead atoms. The molecule has 0 aliphatic heterocycles. The van der Waals surface area contributed by atoms with Crippen LogP contribution < -0.4 is 0 Å². The molecule has 0 atom stereocenters. The Morgan fingerprint density at radius 1 is 0.950 bits per heavy atom. The molecule has 0 aliphatic carbocycles. The van der Waals surface area contributed by atoms with Gasteiger partial charge in [-0.15, -0.1) is 0 Å². The van der Waals surface area contributed by atoms with Crippen LogP contribution in [0.5, 0.6) is 0 Å². The van der Waals surface area contributed by atoms with Crippen LogP contribution in [0, 0.1) is 0 Å². The second-order valence-electron chi connectivity index (χ2n) is 6.20. The molecule has 0 fully saturated rings. The van der Waals surface area contributed by atoms with Crippen molar-refractivity contribution in [2.45, 2.75) is 32.6 Å². The Morgan fingerprint density at radius 3 is 2.30 bits per heavy atom. The molecule has 0 unspecified atom stereocenters. The predicted molar refractivity (Wildman–Crippen MR) is 86.6 cm³/mol. The van der Waals surface area contributed by atoms with Gasteiger partial charge in [0.2, 0.25) is 0 Å². The summed E-state index contributed by atoms with van der Waals surface area (Å²) in [5.74, 6) is 0. The molecule has 2 aromatic carbocycles. The van der Waals surface area contributed by atoms with Crippen LogP contribution in [0.2, 0.25) is 0 Å². The van der Waals surface area contributed by atoms with Crippen molar-refractivity contribution in [2.75, 3.05) is 0 Å². The van der Waals surface area contributed by atoms with Crippen molar-refractivity contribution in [1.29, 1.82) is 0 Å². The number of nitrogens with zero attached hydrogens (tertiary/aromatic N) is 1. The van der Waals surface area contributed by atoms with Crippen LogP contribution in [0.25, 0.3) is 9.78 Å². The van der Waals surface area contributed by atoms with E-state index in [0.29, 0.717) is 14.5 Å². The number of benzene rings is 2. The fourth-order valence-electron chi connectivity index (χ4n) is 2.29. The van der Waals surface area contributed by atoms with Crippen LogP contribution in [0.4, 0.5) is 0 Å². The van der Waals surface area contributed by atoms with Crippen molar-refractivity contribution < 1.29 is 0 Å². The summed E-state index contributed by atoms with van der Waals surface area (Å²) in [6, 6.07) is 17.5. The molecule has 0 amide bonds. The van der Waals surface area contributed by atoms with E-state index in [1.165, 1.54) is 25.5 Å². The van der Waals surface area contributed by atoms with Crippen LogP contribution in [-0.2, 0) is 11.8 Å². The van der Waals surface area contributed by atoms with Gasteiger partial charge in [0.15, 0.2) is 0 Å². The fraction of sp³-hybridized carbons (Fsp3) is 0.278. The van der Waals surface area contributed by atoms with E-state index in [2.05, 4.69) is 69.3 Å². The van der Waals surface area contributed by atoms with E-state index in [4.69, 9.17) is 4.98 Å². The summed E-state index contributed by atoms with van der Waals surface area (Å²) in [6.45, 7) is 6.76. The number of aromatic nitrogens is 1. The Kier molecular flexibility index (Phi) is 3.54. The average Bonchev–Trinajstić information content (AvgIpc) is 2.80. The third-order valence-corrected chi connectivity index (χ3v) is 5.69. The van der Waals surface area contributed by atoms with Crippen LogP contribution >= 0.6 is 0 Å². The zero-order valence-corrected chi connectivity index (χ0v) is 13.9. The first kappa shape index (κ1) is 13.6. The van der Waals surface area contributed by atoms with E-state index >= 15 is 0 Å². The minimum atomic E-state index is 0.226. The molecular formula is C18H19NSe. The normalized spacial score (nSPS) is 11.9. The van der Waals surface area contributed by atoms with Crippen molar-refractivity contribution >= 4 is 24.3 Å². The average molecular weight is 328 g/mol. The summed E-state index contributed by atoms with van der Waals surface area (Å²) in [6.07, 6.45) is 0.985. The predicted octanol–water partition coefficient (Wildman–Crippen LogP) is 4.18. The summed E-state index contributed by atoms with van der Waals surface area (Å²) in [7, 11) is 0. The quantitative estimate of drug-likeness (QED) is 0.643. The number of para-hydroxylation sites is 1. The van der Waals surface area contributed by atoms with Gasteiger partial charge in [0.1, 0.15) is 0 Å². The fourth-order valence-corrected chi connectivity index (χ4v) is 4.39. The number of fused-ring (bicyclic) bond motifs is 1. The van der Waals surface area contributed by atoms with Crippen LogP contribution in [0.15, 0.2) is 48.5 Å². The van der Waals surface area contributed by atoms with Gasteiger partial charge in [-0.2, -0.15) is 0 Å². The molecule has 2 heteroatoms. The van der Waals surface area contributed by atoms with Crippen molar-refractivity contribution in [2.24, 2.45) is 0 Å². The Hall–Kier alpha value is -1.37. The second kappa shape index (κ2) is 5.20. The topological polar surface area (TPSA) is 12.9 Å². The molecule has 0 aliphatic rings. The van der Waals surface area contributed by atoms with Gasteiger partial charge in [0, 0.05) is 0 Å². The van der Waals surface area contributed by atoms with E-state index in [-0.39, 0.29) is 5.41 Å². The van der Waals surface area contributed by atoms with E-state index in [9.17, 15) is 0 Å². The van der Waals surface area contributed by atoms with E-state index in [1.54, 1.807) is 0 Å². The standard InChI is InChI=1S/C18H19NSe/c1-18(2,3)14-10-8-13(9-11-14)12-17-19-15-6-4-5-7-16(15)20-17/h4-11H,12H2,1-3H3. The number of hydrogen-bond acceptors (Lipinski definition) is 1. The zero-order valence-electron chi connectivity index (χ0n) is 12.2. The molecule has 1 nitrogen and oxygen atoms in total. The summed E-state index contributed by atoms with van der Waals surface area (Å²) in [4.78, 5) is 4.76. The SMILES string of the molecule is CC(C)(C)c1ccc(Cc2nc3ccccc3[se]2)cc1. The molecule has 3 aromatic rings. The first-order chi connectivity index (χ1) is 9.52. The number of hydrogen-bond donors (Lipinski definition) is 0. The van der Waals surface area contributed by atoms with E-state index < -0.39 is 0 Å². The molecule has 0 N–H and O–H groups in total. The van der Waals surface area contributed by atoms with E-state index in [0.717, 1.165) is 6.42 Å². The molecule has 0 radical (unpaired) electrons. The van der Waals surface area contributed by atoms with Crippen molar-refractivity contribution in [3.8, 4) is 0 Å². The van der Waals surface area contributed by atoms with Gasteiger partial charge in [-0.25, -0.2) is 0 Å². The molecule has 1 aromatic heterocycles. The number of rotatable bonds is 2. The minimum absolute atomic E-state index is 0.226. The summed E-state index contributed by atoms with van der Waals surface area (Å²) < 4.78 is 2.75. The van der Waals surface area contributed by atoms with E-state index in [1.807, 2.05) is 0 Å². The third kappa shape index (κ3) is 2.87. The second-order valence-corrected chi connectivity index (χ2v) is 8.54. The van der Waals surface area contributed by atoms with Gasteiger partial charge in [-0.1, -0.05) is 0 Å². The molecule has 0 saturated heterocycles. The molecule has 3 rings (SSSR count). The molecule has 102 valence electrons. The first-order valence-electron chi connectivity index (χ1n) is 6.96. The third-order valence-electron chi connectivity index (χ3n) is 3.51. The molecule has 20 heavy (non-hydrogen) atoms. The Balaban J connectivity index is 1.84. The Morgan fingerprint density at radius 2 is 1.65 bits per heavy atom. The van der Waals surface area contributed by atoms with Crippen LogP contribution in [-0.4, -0.2) is 19.5 Å². The van der Waals surface area contributed by atoms with Crippen molar-refractivity contribution in [3.05, 3.63) is 64.2 Å². The van der Waals surface area contributed by atoms with Gasteiger partial charge < -0.3 is 0 Å². The van der Waals surface area contributed by atoms with Gasteiger partial charge in [0.25, 0.3) is 0 Å². The maximum atomic E-state index is 4.76. The molecule has 0 saturated carbocycles. The Labute approximate surface area is 126 Å². The molecule has 0 spiro atoms. The van der Waals surface area contributed by atoms with Crippen LogP contribution in [0.1, 0.15) is 36.5 Å². The maximum absolute atomic E-state index is 4.76. The van der Waals surface area contributed by atoms with Gasteiger partial charge in [0.05, 0.1) is 0 Å². The first-order valence-corrected chi connectivity index (χ1v) is 8.67. The zero-order chi connectivity index (χ0) is 14.2. The summed E-state index contributed by atoms with van der Waals surface area (Å²) in [5.41, 5.74) is 4.16. The Bertz CT molecular complexity index is 684. The van der Waals surface area contributed by atoms with Crippen molar-refractivity contribution in [3.63, 3.8) is 0 Å². The van der Waals surface area contributed by atoms with Crippen molar-refractivity contribution in [1.82, 2.24) is 4.98 Å². The van der Waals surface area contributed by atoms with Gasteiger partial charge in [-0.3, -0.25) is 0 Å². The summed E-state index contributed by atoms with van der Waals surface area (Å²) >= 11 is 0.402. The monoisotopic (exact) mass is 329 g/mol. The van der Waals surface area contributed by atoms with Gasteiger partial charge in [-0.05, 0) is 0 Å². The molecular weight excluding hydrogens is 309 g/mol. The summed E-state index contributed by atoms with van der Waals surface area (Å²) in [5, 5.41) is 0.